The Kier molecular flexibility index (Phi) is 3.38. The predicted molar refractivity (Wildman–Crippen MR) is 63.5 cm³/mol. The van der Waals surface area contributed by atoms with Gasteiger partial charge in [0.15, 0.2) is 0 Å². The van der Waals surface area contributed by atoms with Crippen LogP contribution in [0.25, 0.3) is 10.6 Å². The highest BCUT2D eigenvalue weighted by Crippen LogP contribution is 2.31. The number of carbonyl (C=O) groups is 1. The maximum absolute atomic E-state index is 13.6. The molecule has 0 aliphatic heterocycles. The van der Waals surface area contributed by atoms with Gasteiger partial charge in [0.1, 0.15) is 21.5 Å². The largest absolute Gasteiger partial charge is 0.465 e. The highest BCUT2D eigenvalue weighted by molar-refractivity contribution is 7.17. The number of methoxy groups -OCH3 is 1. The summed E-state index contributed by atoms with van der Waals surface area (Å²) in [6, 6.07) is 3.57. The second-order valence-electron chi connectivity index (χ2n) is 3.52. The number of halogens is 2. The van der Waals surface area contributed by atoms with Gasteiger partial charge in [-0.25, -0.2) is 18.6 Å². The number of ether oxygens (including phenoxy) is 1. The predicted octanol–water partition coefficient (Wildman–Crippen LogP) is 3.18. The maximum atomic E-state index is 13.6. The number of hydrogen-bond acceptors (Lipinski definition) is 4. The normalized spacial score (nSPS) is 10.4. The summed E-state index contributed by atoms with van der Waals surface area (Å²) in [4.78, 5) is 15.7. The second-order valence-corrected chi connectivity index (χ2v) is 4.52. The molecule has 0 bridgehead atoms. The van der Waals surface area contributed by atoms with E-state index in [0.717, 1.165) is 23.5 Å². The van der Waals surface area contributed by atoms with Gasteiger partial charge in [0, 0.05) is 0 Å². The quantitative estimate of drug-likeness (QED) is 0.786. The molecule has 1 aromatic carbocycles. The van der Waals surface area contributed by atoms with Crippen LogP contribution < -0.4 is 0 Å². The zero-order valence-corrected chi connectivity index (χ0v) is 10.5. The molecule has 0 fully saturated rings. The average molecular weight is 269 g/mol. The molecule has 0 unspecified atom stereocenters. The van der Waals surface area contributed by atoms with E-state index < -0.39 is 17.6 Å². The average Bonchev–Trinajstić information content (AvgIpc) is 2.70. The van der Waals surface area contributed by atoms with Gasteiger partial charge in [0.2, 0.25) is 0 Å². The van der Waals surface area contributed by atoms with E-state index in [9.17, 15) is 13.6 Å². The molecule has 1 aromatic heterocycles. The van der Waals surface area contributed by atoms with E-state index in [1.807, 2.05) is 0 Å². The van der Waals surface area contributed by atoms with Gasteiger partial charge in [-0.1, -0.05) is 6.07 Å². The number of benzene rings is 1. The first kappa shape index (κ1) is 12.6. The lowest BCUT2D eigenvalue weighted by atomic mass is 10.2. The van der Waals surface area contributed by atoms with Crippen molar-refractivity contribution >= 4 is 17.3 Å². The third kappa shape index (κ3) is 2.11. The van der Waals surface area contributed by atoms with Crippen LogP contribution >= 0.6 is 11.3 Å². The van der Waals surface area contributed by atoms with Crippen molar-refractivity contribution in [1.29, 1.82) is 0 Å². The van der Waals surface area contributed by atoms with Crippen LogP contribution in [0.5, 0.6) is 0 Å². The van der Waals surface area contributed by atoms with Crippen LogP contribution in [0.4, 0.5) is 8.78 Å². The molecule has 2 rings (SSSR count). The second kappa shape index (κ2) is 4.81. The molecule has 0 radical (unpaired) electrons. The van der Waals surface area contributed by atoms with Crippen molar-refractivity contribution < 1.29 is 18.3 Å². The molecule has 0 saturated heterocycles. The van der Waals surface area contributed by atoms with Gasteiger partial charge >= 0.3 is 5.97 Å². The molecule has 2 aromatic rings. The van der Waals surface area contributed by atoms with Crippen LogP contribution in [0.3, 0.4) is 0 Å². The molecule has 1 heterocycles. The van der Waals surface area contributed by atoms with Crippen LogP contribution in [0.2, 0.25) is 0 Å². The van der Waals surface area contributed by atoms with Gasteiger partial charge in [-0.3, -0.25) is 0 Å². The van der Waals surface area contributed by atoms with Crippen molar-refractivity contribution in [1.82, 2.24) is 4.98 Å². The fourth-order valence-corrected chi connectivity index (χ4v) is 2.52. The Bertz CT molecular complexity index is 590. The summed E-state index contributed by atoms with van der Waals surface area (Å²) in [6.07, 6.45) is 0. The van der Waals surface area contributed by atoms with E-state index >= 15 is 0 Å². The SMILES string of the molecule is COC(=O)c1sc(-c2c(F)cccc2F)nc1C. The molecule has 0 atom stereocenters. The first-order valence-corrected chi connectivity index (χ1v) is 5.86. The monoisotopic (exact) mass is 269 g/mol. The first-order valence-electron chi connectivity index (χ1n) is 5.04. The van der Waals surface area contributed by atoms with Crippen LogP contribution in [0.1, 0.15) is 15.4 Å². The molecule has 94 valence electrons. The van der Waals surface area contributed by atoms with Crippen LogP contribution in [0.15, 0.2) is 18.2 Å². The van der Waals surface area contributed by atoms with Gasteiger partial charge in [-0.2, -0.15) is 0 Å². The number of thiazole rings is 1. The lowest BCUT2D eigenvalue weighted by molar-refractivity contribution is 0.0605. The van der Waals surface area contributed by atoms with Gasteiger partial charge in [-0.15, -0.1) is 11.3 Å². The summed E-state index contributed by atoms with van der Waals surface area (Å²) in [7, 11) is 1.24. The fraction of sp³-hybridized carbons (Fsp3) is 0.167. The Morgan fingerprint density at radius 3 is 2.50 bits per heavy atom. The molecule has 0 aliphatic carbocycles. The van der Waals surface area contributed by atoms with E-state index in [4.69, 9.17) is 0 Å². The molecule has 18 heavy (non-hydrogen) atoms. The Labute approximate surface area is 106 Å². The van der Waals surface area contributed by atoms with Crippen molar-refractivity contribution in [3.8, 4) is 10.6 Å². The van der Waals surface area contributed by atoms with Crippen molar-refractivity contribution in [2.75, 3.05) is 7.11 Å². The molecule has 6 heteroatoms. The maximum Gasteiger partial charge on any atom is 0.349 e. The Morgan fingerprint density at radius 2 is 1.94 bits per heavy atom. The van der Waals surface area contributed by atoms with E-state index in [-0.39, 0.29) is 15.4 Å². The number of nitrogens with zero attached hydrogens (tertiary/aromatic N) is 1. The van der Waals surface area contributed by atoms with Gasteiger partial charge in [0.05, 0.1) is 18.4 Å². The standard InChI is InChI=1S/C12H9F2NO2S/c1-6-10(12(16)17-2)18-11(15-6)9-7(13)4-3-5-8(9)14/h3-5H,1-2H3. The smallest absolute Gasteiger partial charge is 0.349 e. The summed E-state index contributed by atoms with van der Waals surface area (Å²) in [6.45, 7) is 1.59. The first-order chi connectivity index (χ1) is 8.54. The highest BCUT2D eigenvalue weighted by Gasteiger charge is 2.20. The summed E-state index contributed by atoms with van der Waals surface area (Å²) in [5.41, 5.74) is 0.172. The van der Waals surface area contributed by atoms with Crippen molar-refractivity contribution in [2.24, 2.45) is 0 Å². The molecule has 0 amide bonds. The van der Waals surface area contributed by atoms with Gasteiger partial charge in [-0.05, 0) is 19.1 Å². The fourth-order valence-electron chi connectivity index (χ4n) is 1.49. The number of aryl methyl sites for hydroxylation is 1. The molecule has 3 nitrogen and oxygen atoms in total. The van der Waals surface area contributed by atoms with E-state index in [1.54, 1.807) is 6.92 Å². The van der Waals surface area contributed by atoms with Crippen LogP contribution in [0, 0.1) is 18.6 Å². The molecule has 0 saturated carbocycles. The zero-order chi connectivity index (χ0) is 13.3. The highest BCUT2D eigenvalue weighted by atomic mass is 32.1. The zero-order valence-electron chi connectivity index (χ0n) is 9.66. The summed E-state index contributed by atoms with van der Waals surface area (Å²) in [5.74, 6) is -1.98. The third-order valence-corrected chi connectivity index (χ3v) is 3.50. The van der Waals surface area contributed by atoms with Crippen molar-refractivity contribution in [3.05, 3.63) is 40.4 Å². The molecular weight excluding hydrogens is 260 g/mol. The summed E-state index contributed by atoms with van der Waals surface area (Å²) in [5, 5.41) is 0.128. The lowest BCUT2D eigenvalue weighted by Crippen LogP contribution is -1.99. The molecule has 0 N–H and O–H groups in total. The molecular formula is C12H9F2NO2S. The van der Waals surface area contributed by atoms with E-state index in [0.29, 0.717) is 5.69 Å². The minimum atomic E-state index is -0.708. The Morgan fingerprint density at radius 1 is 1.33 bits per heavy atom. The van der Waals surface area contributed by atoms with Crippen molar-refractivity contribution in [3.63, 3.8) is 0 Å². The van der Waals surface area contributed by atoms with Crippen LogP contribution in [-0.2, 0) is 4.74 Å². The summed E-state index contributed by atoms with van der Waals surface area (Å²) >= 11 is 0.908. The molecule has 0 spiro atoms. The van der Waals surface area contributed by atoms with E-state index in [1.165, 1.54) is 13.2 Å². The van der Waals surface area contributed by atoms with E-state index in [2.05, 4.69) is 9.72 Å². The Hall–Kier alpha value is -1.82. The summed E-state index contributed by atoms with van der Waals surface area (Å²) < 4.78 is 31.7. The minimum absolute atomic E-state index is 0.128. The number of esters is 1. The lowest BCUT2D eigenvalue weighted by Gasteiger charge is -1.99. The topological polar surface area (TPSA) is 39.2 Å². The minimum Gasteiger partial charge on any atom is -0.465 e. The molecule has 0 aliphatic rings. The Balaban J connectivity index is 2.56. The van der Waals surface area contributed by atoms with Gasteiger partial charge in [0.25, 0.3) is 0 Å². The number of rotatable bonds is 2. The third-order valence-electron chi connectivity index (χ3n) is 2.34. The van der Waals surface area contributed by atoms with Crippen LogP contribution in [-0.4, -0.2) is 18.1 Å². The number of hydrogen-bond donors (Lipinski definition) is 0. The van der Waals surface area contributed by atoms with Gasteiger partial charge < -0.3 is 4.74 Å². The number of carbonyl (C=O) groups excluding carboxylic acids is 1. The number of aromatic nitrogens is 1. The van der Waals surface area contributed by atoms with Crippen molar-refractivity contribution in [2.45, 2.75) is 6.92 Å².